The molecule has 0 bridgehead atoms. The first-order valence-electron chi connectivity index (χ1n) is 7.69. The van der Waals surface area contributed by atoms with Gasteiger partial charge in [0, 0.05) is 16.8 Å². The summed E-state index contributed by atoms with van der Waals surface area (Å²) in [5, 5.41) is 2.79. The van der Waals surface area contributed by atoms with E-state index in [0.29, 0.717) is 5.69 Å². The predicted molar refractivity (Wildman–Crippen MR) is 101 cm³/mol. The van der Waals surface area contributed by atoms with Crippen molar-refractivity contribution in [2.75, 3.05) is 5.32 Å². The molecular formula is C18H21ClN2O3S. The maximum Gasteiger partial charge on any atom is 0.255 e. The number of hydrogen-bond donors (Lipinski definition) is 2. The van der Waals surface area contributed by atoms with Crippen LogP contribution in [0.5, 0.6) is 0 Å². The lowest BCUT2D eigenvalue weighted by molar-refractivity contribution is 0.102. The van der Waals surface area contributed by atoms with Crippen molar-refractivity contribution in [2.24, 2.45) is 0 Å². The number of rotatable bonds is 4. The summed E-state index contributed by atoms with van der Waals surface area (Å²) in [6, 6.07) is 11.5. The molecule has 0 unspecified atom stereocenters. The van der Waals surface area contributed by atoms with Crippen molar-refractivity contribution in [3.05, 3.63) is 58.6 Å². The lowest BCUT2D eigenvalue weighted by Gasteiger charge is -2.21. The van der Waals surface area contributed by atoms with Crippen LogP contribution >= 0.6 is 11.6 Å². The maximum absolute atomic E-state index is 12.5. The van der Waals surface area contributed by atoms with E-state index in [1.54, 1.807) is 32.9 Å². The fraction of sp³-hybridized carbons (Fsp3) is 0.278. The third kappa shape index (κ3) is 5.29. The van der Waals surface area contributed by atoms with Crippen LogP contribution in [0, 0.1) is 6.92 Å². The van der Waals surface area contributed by atoms with E-state index in [9.17, 15) is 13.2 Å². The van der Waals surface area contributed by atoms with Crippen molar-refractivity contribution in [3.8, 4) is 0 Å². The highest BCUT2D eigenvalue weighted by molar-refractivity contribution is 7.89. The largest absolute Gasteiger partial charge is 0.322 e. The smallest absolute Gasteiger partial charge is 0.255 e. The Labute approximate surface area is 153 Å². The second-order valence-corrected chi connectivity index (χ2v) is 8.88. The van der Waals surface area contributed by atoms with Crippen molar-refractivity contribution < 1.29 is 13.2 Å². The number of anilines is 1. The third-order valence-corrected chi connectivity index (χ3v) is 5.47. The Balaban J connectivity index is 2.32. The van der Waals surface area contributed by atoms with Crippen molar-refractivity contribution in [3.63, 3.8) is 0 Å². The Kier molecular flexibility index (Phi) is 5.56. The Hall–Kier alpha value is -1.89. The first kappa shape index (κ1) is 19.4. The fourth-order valence-electron chi connectivity index (χ4n) is 2.15. The van der Waals surface area contributed by atoms with Gasteiger partial charge in [0.25, 0.3) is 5.91 Å². The lowest BCUT2D eigenvalue weighted by atomic mass is 10.1. The van der Waals surface area contributed by atoms with E-state index in [1.807, 2.05) is 19.1 Å². The number of benzene rings is 2. The number of aryl methyl sites for hydroxylation is 1. The molecule has 0 radical (unpaired) electrons. The highest BCUT2D eigenvalue weighted by Gasteiger charge is 2.25. The standard InChI is InChI=1S/C18H21ClN2O3S/c1-12-5-8-14(9-6-12)20-17(22)13-7-10-15(19)16(11-13)25(23,24)21-18(2,3)4/h5-11,21H,1-4H3,(H,20,22). The third-order valence-electron chi connectivity index (χ3n) is 3.23. The second kappa shape index (κ2) is 7.15. The summed E-state index contributed by atoms with van der Waals surface area (Å²) in [5.74, 6) is -0.410. The number of carbonyl (C=O) groups excluding carboxylic acids is 1. The molecule has 7 heteroatoms. The van der Waals surface area contributed by atoms with E-state index in [-0.39, 0.29) is 15.5 Å². The zero-order valence-electron chi connectivity index (χ0n) is 14.6. The molecule has 25 heavy (non-hydrogen) atoms. The minimum Gasteiger partial charge on any atom is -0.322 e. The van der Waals surface area contributed by atoms with Gasteiger partial charge in [-0.15, -0.1) is 0 Å². The maximum atomic E-state index is 12.5. The molecule has 0 saturated carbocycles. The highest BCUT2D eigenvalue weighted by atomic mass is 35.5. The number of amides is 1. The Morgan fingerprint density at radius 3 is 2.20 bits per heavy atom. The van der Waals surface area contributed by atoms with Gasteiger partial charge in [0.15, 0.2) is 0 Å². The SMILES string of the molecule is Cc1ccc(NC(=O)c2ccc(Cl)c(S(=O)(=O)NC(C)(C)C)c2)cc1. The first-order valence-corrected chi connectivity index (χ1v) is 9.56. The van der Waals surface area contributed by atoms with Gasteiger partial charge in [-0.2, -0.15) is 0 Å². The van der Waals surface area contributed by atoms with Crippen molar-refractivity contribution in [2.45, 2.75) is 38.1 Å². The van der Waals surface area contributed by atoms with E-state index in [1.165, 1.54) is 18.2 Å². The zero-order chi connectivity index (χ0) is 18.8. The van der Waals surface area contributed by atoms with E-state index < -0.39 is 21.5 Å². The fourth-order valence-corrected chi connectivity index (χ4v) is 4.09. The van der Waals surface area contributed by atoms with E-state index in [0.717, 1.165) is 5.56 Å². The van der Waals surface area contributed by atoms with Crippen LogP contribution in [0.25, 0.3) is 0 Å². The molecule has 5 nitrogen and oxygen atoms in total. The van der Waals surface area contributed by atoms with E-state index in [2.05, 4.69) is 10.0 Å². The van der Waals surface area contributed by atoms with Crippen molar-refractivity contribution >= 4 is 33.2 Å². The molecule has 2 aromatic carbocycles. The Morgan fingerprint density at radius 1 is 1.04 bits per heavy atom. The van der Waals surface area contributed by atoms with E-state index in [4.69, 9.17) is 11.6 Å². The summed E-state index contributed by atoms with van der Waals surface area (Å²) < 4.78 is 27.6. The minimum atomic E-state index is -3.85. The number of nitrogens with one attached hydrogen (secondary N) is 2. The van der Waals surface area contributed by atoms with Gasteiger partial charge in [0.05, 0.1) is 5.02 Å². The van der Waals surface area contributed by atoms with Gasteiger partial charge in [-0.3, -0.25) is 4.79 Å². The highest BCUT2D eigenvalue weighted by Crippen LogP contribution is 2.24. The van der Waals surface area contributed by atoms with Crippen LogP contribution < -0.4 is 10.0 Å². The molecule has 2 rings (SSSR count). The summed E-state index contributed by atoms with van der Waals surface area (Å²) in [5.41, 5.74) is 1.25. The van der Waals surface area contributed by atoms with Crippen LogP contribution in [-0.2, 0) is 10.0 Å². The summed E-state index contributed by atoms with van der Waals surface area (Å²) in [4.78, 5) is 12.3. The van der Waals surface area contributed by atoms with Crippen LogP contribution in [0.15, 0.2) is 47.4 Å². The second-order valence-electron chi connectivity index (χ2n) is 6.82. The molecule has 2 aromatic rings. The van der Waals surface area contributed by atoms with Crippen molar-refractivity contribution in [1.29, 1.82) is 0 Å². The van der Waals surface area contributed by atoms with Crippen molar-refractivity contribution in [1.82, 2.24) is 4.72 Å². The number of sulfonamides is 1. The van der Waals surface area contributed by atoms with Crippen LogP contribution in [0.3, 0.4) is 0 Å². The molecule has 0 saturated heterocycles. The van der Waals surface area contributed by atoms with Gasteiger partial charge >= 0.3 is 0 Å². The molecule has 1 amide bonds. The first-order chi connectivity index (χ1) is 11.5. The average molecular weight is 381 g/mol. The van der Waals surface area contributed by atoms with Gasteiger partial charge in [-0.1, -0.05) is 29.3 Å². The summed E-state index contributed by atoms with van der Waals surface area (Å²) >= 11 is 6.04. The topological polar surface area (TPSA) is 75.3 Å². The van der Waals surface area contributed by atoms with Gasteiger partial charge < -0.3 is 5.32 Å². The van der Waals surface area contributed by atoms with Gasteiger partial charge in [-0.25, -0.2) is 13.1 Å². The van der Waals surface area contributed by atoms with Gasteiger partial charge in [0.2, 0.25) is 10.0 Å². The van der Waals surface area contributed by atoms with Crippen LogP contribution in [-0.4, -0.2) is 19.9 Å². The Morgan fingerprint density at radius 2 is 1.64 bits per heavy atom. The quantitative estimate of drug-likeness (QED) is 0.842. The average Bonchev–Trinajstić information content (AvgIpc) is 2.47. The summed E-state index contributed by atoms with van der Waals surface area (Å²) in [7, 11) is -3.85. The number of carbonyl (C=O) groups is 1. The summed E-state index contributed by atoms with van der Waals surface area (Å²) in [6.07, 6.45) is 0. The number of halogens is 1. The molecule has 0 fully saturated rings. The molecule has 0 aliphatic rings. The van der Waals surface area contributed by atoms with Gasteiger partial charge in [-0.05, 0) is 58.0 Å². The number of hydrogen-bond acceptors (Lipinski definition) is 3. The summed E-state index contributed by atoms with van der Waals surface area (Å²) in [6.45, 7) is 7.13. The lowest BCUT2D eigenvalue weighted by Crippen LogP contribution is -2.40. The molecule has 0 atom stereocenters. The molecule has 2 N–H and O–H groups in total. The molecule has 0 heterocycles. The van der Waals surface area contributed by atoms with E-state index >= 15 is 0 Å². The van der Waals surface area contributed by atoms with Crippen LogP contribution in [0.1, 0.15) is 36.7 Å². The molecule has 0 aliphatic carbocycles. The van der Waals surface area contributed by atoms with Crippen LogP contribution in [0.2, 0.25) is 5.02 Å². The predicted octanol–water partition coefficient (Wildman–Crippen LogP) is 3.98. The molecule has 0 aliphatic heterocycles. The normalized spacial score (nSPS) is 12.0. The zero-order valence-corrected chi connectivity index (χ0v) is 16.1. The molecular weight excluding hydrogens is 360 g/mol. The van der Waals surface area contributed by atoms with Crippen LogP contribution in [0.4, 0.5) is 5.69 Å². The molecule has 0 aromatic heterocycles. The Bertz CT molecular complexity index is 886. The van der Waals surface area contributed by atoms with Gasteiger partial charge in [0.1, 0.15) is 4.90 Å². The molecule has 0 spiro atoms. The minimum absolute atomic E-state index is 0.0589. The molecule has 134 valence electrons. The monoisotopic (exact) mass is 380 g/mol.